The molecule has 0 saturated carbocycles. The topological polar surface area (TPSA) is 57.6 Å². The van der Waals surface area contributed by atoms with Crippen LogP contribution in [0.4, 0.5) is 0 Å². The van der Waals surface area contributed by atoms with Crippen molar-refractivity contribution in [1.82, 2.24) is 4.90 Å². The summed E-state index contributed by atoms with van der Waals surface area (Å²) >= 11 is 1.72. The number of nitrogens with zero attached hydrogens (tertiary/aromatic N) is 1. The number of thioether (sulfide) groups is 1. The lowest BCUT2D eigenvalue weighted by Gasteiger charge is -2.35. The van der Waals surface area contributed by atoms with Gasteiger partial charge >= 0.3 is 5.97 Å². The molecule has 0 aromatic carbocycles. The van der Waals surface area contributed by atoms with E-state index < -0.39 is 5.97 Å². The molecule has 2 heterocycles. The average Bonchev–Trinajstić information content (AvgIpc) is 2.80. The van der Waals surface area contributed by atoms with Crippen molar-refractivity contribution < 1.29 is 14.7 Å². The van der Waals surface area contributed by atoms with Gasteiger partial charge in [-0.2, -0.15) is 0 Å². The van der Waals surface area contributed by atoms with Crippen LogP contribution in [0.5, 0.6) is 0 Å². The van der Waals surface area contributed by atoms with Crippen molar-refractivity contribution in [3.63, 3.8) is 0 Å². The maximum Gasteiger partial charge on any atom is 0.308 e. The summed E-state index contributed by atoms with van der Waals surface area (Å²) in [6, 6.07) is 0. The maximum absolute atomic E-state index is 12.2. The van der Waals surface area contributed by atoms with E-state index in [0.717, 1.165) is 25.1 Å². The number of likely N-dealkylation sites (tertiary alicyclic amines) is 1. The van der Waals surface area contributed by atoms with E-state index in [1.807, 2.05) is 6.92 Å². The molecule has 1 N–H and O–H groups in total. The minimum absolute atomic E-state index is 0.0785. The quantitative estimate of drug-likeness (QED) is 0.813. The smallest absolute Gasteiger partial charge is 0.308 e. The number of carboxylic acids is 1. The molecular formula is C12H19NO3S. The van der Waals surface area contributed by atoms with Gasteiger partial charge in [-0.05, 0) is 30.9 Å². The second-order valence-corrected chi connectivity index (χ2v) is 6.43. The van der Waals surface area contributed by atoms with Crippen molar-refractivity contribution in [2.75, 3.05) is 18.8 Å². The third-order valence-corrected chi connectivity index (χ3v) is 4.89. The van der Waals surface area contributed by atoms with Crippen molar-refractivity contribution in [3.8, 4) is 0 Å². The summed E-state index contributed by atoms with van der Waals surface area (Å²) in [6.07, 6.45) is 2.75. The highest BCUT2D eigenvalue weighted by Gasteiger charge is 2.35. The Morgan fingerprint density at radius 1 is 1.35 bits per heavy atom. The van der Waals surface area contributed by atoms with E-state index in [1.54, 1.807) is 16.7 Å². The minimum Gasteiger partial charge on any atom is -0.481 e. The normalized spacial score (nSPS) is 33.7. The Bertz CT molecular complexity index is 315. The Morgan fingerprint density at radius 3 is 2.71 bits per heavy atom. The number of rotatable bonds is 2. The first-order valence-electron chi connectivity index (χ1n) is 6.21. The van der Waals surface area contributed by atoms with E-state index in [-0.39, 0.29) is 17.1 Å². The summed E-state index contributed by atoms with van der Waals surface area (Å²) < 4.78 is 0. The molecule has 2 aliphatic rings. The molecule has 3 unspecified atom stereocenters. The monoisotopic (exact) mass is 257 g/mol. The highest BCUT2D eigenvalue weighted by molar-refractivity contribution is 8.00. The van der Waals surface area contributed by atoms with Crippen LogP contribution in [0.2, 0.25) is 0 Å². The minimum atomic E-state index is -0.770. The fourth-order valence-electron chi connectivity index (χ4n) is 2.69. The highest BCUT2D eigenvalue weighted by Crippen LogP contribution is 2.30. The van der Waals surface area contributed by atoms with Gasteiger partial charge in [0, 0.05) is 13.1 Å². The van der Waals surface area contributed by atoms with Crippen LogP contribution in [0.1, 0.15) is 26.2 Å². The third-order valence-electron chi connectivity index (χ3n) is 3.53. The fraction of sp³-hybridized carbons (Fsp3) is 0.833. The Kier molecular flexibility index (Phi) is 3.97. The van der Waals surface area contributed by atoms with E-state index in [4.69, 9.17) is 5.11 Å². The maximum atomic E-state index is 12.2. The van der Waals surface area contributed by atoms with Gasteiger partial charge in [0.1, 0.15) is 0 Å². The molecule has 0 radical (unpaired) electrons. The van der Waals surface area contributed by atoms with Gasteiger partial charge in [-0.1, -0.05) is 6.92 Å². The van der Waals surface area contributed by atoms with Crippen LogP contribution in [0.15, 0.2) is 0 Å². The van der Waals surface area contributed by atoms with Gasteiger partial charge in [0.2, 0.25) is 5.91 Å². The molecule has 2 saturated heterocycles. The van der Waals surface area contributed by atoms with Crippen LogP contribution in [0.3, 0.4) is 0 Å². The summed E-state index contributed by atoms with van der Waals surface area (Å²) in [6.45, 7) is 3.15. The predicted octanol–water partition coefficient (Wildman–Crippen LogP) is 1.45. The molecular weight excluding hydrogens is 238 g/mol. The number of amides is 1. The van der Waals surface area contributed by atoms with Gasteiger partial charge in [0.15, 0.2) is 0 Å². The fourth-order valence-corrected chi connectivity index (χ4v) is 3.93. The van der Waals surface area contributed by atoms with Gasteiger partial charge in [-0.3, -0.25) is 9.59 Å². The number of carbonyl (C=O) groups excluding carboxylic acids is 1. The van der Waals surface area contributed by atoms with Gasteiger partial charge in [0.25, 0.3) is 0 Å². The van der Waals surface area contributed by atoms with Crippen molar-refractivity contribution in [3.05, 3.63) is 0 Å². The summed E-state index contributed by atoms with van der Waals surface area (Å²) in [5.41, 5.74) is 0. The summed E-state index contributed by atoms with van der Waals surface area (Å²) in [5.74, 6) is 0.357. The summed E-state index contributed by atoms with van der Waals surface area (Å²) in [7, 11) is 0. The standard InChI is InChI=1S/C12H19NO3S/c1-8-5-9(12(15)16)7-13(6-8)11(14)10-3-2-4-17-10/h8-10H,2-7H2,1H3,(H,15,16). The molecule has 4 nitrogen and oxygen atoms in total. The van der Waals surface area contributed by atoms with Gasteiger partial charge in [0.05, 0.1) is 11.2 Å². The molecule has 5 heteroatoms. The molecule has 17 heavy (non-hydrogen) atoms. The number of carboxylic acid groups (broad SMARTS) is 1. The SMILES string of the molecule is CC1CC(C(=O)O)CN(C(=O)C2CCCS2)C1. The van der Waals surface area contributed by atoms with Gasteiger partial charge in [-0.25, -0.2) is 0 Å². The Hall–Kier alpha value is -0.710. The lowest BCUT2D eigenvalue weighted by molar-refractivity contribution is -0.146. The number of carbonyl (C=O) groups is 2. The molecule has 1 amide bonds. The highest BCUT2D eigenvalue weighted by atomic mass is 32.2. The zero-order valence-corrected chi connectivity index (χ0v) is 10.9. The number of hydrogen-bond donors (Lipinski definition) is 1. The van der Waals surface area contributed by atoms with E-state index in [2.05, 4.69) is 0 Å². The average molecular weight is 257 g/mol. The van der Waals surface area contributed by atoms with Crippen molar-refractivity contribution in [2.24, 2.45) is 11.8 Å². The van der Waals surface area contributed by atoms with Crippen LogP contribution in [-0.2, 0) is 9.59 Å². The van der Waals surface area contributed by atoms with Crippen LogP contribution < -0.4 is 0 Å². The van der Waals surface area contributed by atoms with Crippen molar-refractivity contribution in [1.29, 1.82) is 0 Å². The van der Waals surface area contributed by atoms with Gasteiger partial charge < -0.3 is 10.0 Å². The second kappa shape index (κ2) is 5.29. The molecule has 0 aliphatic carbocycles. The molecule has 2 rings (SSSR count). The first-order valence-corrected chi connectivity index (χ1v) is 7.26. The molecule has 0 bridgehead atoms. The number of hydrogen-bond acceptors (Lipinski definition) is 3. The van der Waals surface area contributed by atoms with Gasteiger partial charge in [-0.15, -0.1) is 11.8 Å². The van der Waals surface area contributed by atoms with E-state index >= 15 is 0 Å². The Balaban J connectivity index is 1.99. The van der Waals surface area contributed by atoms with Crippen LogP contribution in [0.25, 0.3) is 0 Å². The zero-order valence-electron chi connectivity index (χ0n) is 10.1. The van der Waals surface area contributed by atoms with Crippen molar-refractivity contribution in [2.45, 2.75) is 31.4 Å². The third kappa shape index (κ3) is 2.94. The largest absolute Gasteiger partial charge is 0.481 e. The van der Waals surface area contributed by atoms with E-state index in [1.165, 1.54) is 0 Å². The van der Waals surface area contributed by atoms with E-state index in [9.17, 15) is 9.59 Å². The molecule has 3 atom stereocenters. The molecule has 2 fully saturated rings. The molecule has 96 valence electrons. The second-order valence-electron chi connectivity index (χ2n) is 5.12. The zero-order chi connectivity index (χ0) is 12.4. The Morgan fingerprint density at radius 2 is 2.12 bits per heavy atom. The molecule has 0 spiro atoms. The van der Waals surface area contributed by atoms with E-state index in [0.29, 0.717) is 18.9 Å². The predicted molar refractivity (Wildman–Crippen MR) is 67.0 cm³/mol. The first-order chi connectivity index (χ1) is 8.08. The summed E-state index contributed by atoms with van der Waals surface area (Å²) in [4.78, 5) is 25.0. The lowest BCUT2D eigenvalue weighted by atomic mass is 9.90. The molecule has 0 aromatic rings. The van der Waals surface area contributed by atoms with Crippen LogP contribution in [0, 0.1) is 11.8 Å². The number of piperidine rings is 1. The van der Waals surface area contributed by atoms with Crippen LogP contribution in [-0.4, -0.2) is 46.0 Å². The number of aliphatic carboxylic acids is 1. The van der Waals surface area contributed by atoms with Crippen molar-refractivity contribution >= 4 is 23.6 Å². The van der Waals surface area contributed by atoms with Crippen LogP contribution >= 0.6 is 11.8 Å². The summed E-state index contributed by atoms with van der Waals surface area (Å²) in [5, 5.41) is 9.16. The lowest BCUT2D eigenvalue weighted by Crippen LogP contribution is -2.48. The first kappa shape index (κ1) is 12.7. The molecule has 2 aliphatic heterocycles. The molecule has 0 aromatic heterocycles. The Labute approximate surface area is 106 Å².